The largest absolute Gasteiger partial charge is 0.450 e. The van der Waals surface area contributed by atoms with Crippen LogP contribution in [0.3, 0.4) is 0 Å². The highest BCUT2D eigenvalue weighted by molar-refractivity contribution is 5.83. The van der Waals surface area contributed by atoms with Crippen molar-refractivity contribution in [1.82, 2.24) is 9.55 Å². The standard InChI is InChI=1S/C18H27N3O8/c1-3-26-17(24)20-12-7-8-21(16(23)19-12)15-18(2,25)14(11(10-22)28-15)29-13-6-4-5-9-27-13/h7-8,11,13-15,22,25H,3-6,9-10H2,1-2H3,(H,19,20,23,24)/t11-,13?,14-,15-,18-/m1/s1. The van der Waals surface area contributed by atoms with Crippen LogP contribution in [0.5, 0.6) is 0 Å². The fourth-order valence-electron chi connectivity index (χ4n) is 3.52. The molecular weight excluding hydrogens is 386 g/mol. The van der Waals surface area contributed by atoms with Gasteiger partial charge in [0.05, 0.1) is 13.2 Å². The van der Waals surface area contributed by atoms with Crippen LogP contribution in [0.1, 0.15) is 39.3 Å². The van der Waals surface area contributed by atoms with Gasteiger partial charge in [-0.3, -0.25) is 9.88 Å². The Kier molecular flexibility index (Phi) is 6.85. The van der Waals surface area contributed by atoms with Crippen LogP contribution in [-0.4, -0.2) is 69.8 Å². The van der Waals surface area contributed by atoms with Gasteiger partial charge in [-0.15, -0.1) is 0 Å². The molecule has 11 heteroatoms. The van der Waals surface area contributed by atoms with E-state index in [0.717, 1.165) is 17.4 Å². The number of hydrogen-bond donors (Lipinski definition) is 3. The zero-order valence-electron chi connectivity index (χ0n) is 16.4. The van der Waals surface area contributed by atoms with Crippen molar-refractivity contribution in [2.24, 2.45) is 0 Å². The predicted octanol–water partition coefficient (Wildman–Crippen LogP) is 0.364. The first-order chi connectivity index (χ1) is 13.9. The van der Waals surface area contributed by atoms with E-state index in [1.807, 2.05) is 0 Å². The maximum absolute atomic E-state index is 12.5. The number of ether oxygens (including phenoxy) is 4. The maximum atomic E-state index is 12.5. The number of amides is 1. The van der Waals surface area contributed by atoms with E-state index < -0.39 is 48.7 Å². The van der Waals surface area contributed by atoms with Gasteiger partial charge in [-0.1, -0.05) is 0 Å². The molecule has 2 aliphatic rings. The summed E-state index contributed by atoms with van der Waals surface area (Å²) in [6.07, 6.45) is -0.276. The first kappa shape index (κ1) is 21.7. The van der Waals surface area contributed by atoms with Crippen LogP contribution >= 0.6 is 0 Å². The predicted molar refractivity (Wildman–Crippen MR) is 99.2 cm³/mol. The number of carbonyl (C=O) groups is 1. The number of aromatic nitrogens is 2. The molecular formula is C18H27N3O8. The molecule has 1 aromatic heterocycles. The van der Waals surface area contributed by atoms with E-state index in [4.69, 9.17) is 18.9 Å². The highest BCUT2D eigenvalue weighted by Crippen LogP contribution is 2.40. The molecule has 3 heterocycles. The third-order valence-corrected chi connectivity index (χ3v) is 4.92. The minimum Gasteiger partial charge on any atom is -0.450 e. The van der Waals surface area contributed by atoms with Gasteiger partial charge in [0.15, 0.2) is 12.5 Å². The van der Waals surface area contributed by atoms with Crippen molar-refractivity contribution in [1.29, 1.82) is 0 Å². The molecule has 11 nitrogen and oxygen atoms in total. The number of nitrogens with one attached hydrogen (secondary N) is 1. The summed E-state index contributed by atoms with van der Waals surface area (Å²) in [6.45, 7) is 3.45. The normalized spacial score (nSPS) is 32.1. The molecule has 29 heavy (non-hydrogen) atoms. The molecule has 1 amide bonds. The molecule has 1 unspecified atom stereocenters. The van der Waals surface area contributed by atoms with E-state index in [-0.39, 0.29) is 12.4 Å². The quantitative estimate of drug-likeness (QED) is 0.603. The van der Waals surface area contributed by atoms with Crippen molar-refractivity contribution < 1.29 is 34.0 Å². The smallest absolute Gasteiger partial charge is 0.412 e. The molecule has 5 atom stereocenters. The van der Waals surface area contributed by atoms with E-state index in [1.165, 1.54) is 19.2 Å². The van der Waals surface area contributed by atoms with E-state index in [1.54, 1.807) is 6.92 Å². The van der Waals surface area contributed by atoms with Gasteiger partial charge < -0.3 is 29.2 Å². The molecule has 162 valence electrons. The van der Waals surface area contributed by atoms with Crippen molar-refractivity contribution in [3.05, 3.63) is 22.7 Å². The van der Waals surface area contributed by atoms with Gasteiger partial charge >= 0.3 is 11.8 Å². The lowest BCUT2D eigenvalue weighted by Crippen LogP contribution is -2.49. The van der Waals surface area contributed by atoms with Crippen molar-refractivity contribution in [2.45, 2.75) is 63.4 Å². The summed E-state index contributed by atoms with van der Waals surface area (Å²) in [4.78, 5) is 27.7. The third-order valence-electron chi connectivity index (χ3n) is 4.92. The third kappa shape index (κ3) is 4.75. The zero-order chi connectivity index (χ0) is 21.0. The van der Waals surface area contributed by atoms with E-state index >= 15 is 0 Å². The second kappa shape index (κ2) is 9.18. The monoisotopic (exact) mass is 413 g/mol. The Morgan fingerprint density at radius 3 is 2.90 bits per heavy atom. The topological polar surface area (TPSA) is 141 Å². The lowest BCUT2D eigenvalue weighted by atomic mass is 9.96. The van der Waals surface area contributed by atoms with Crippen LogP contribution in [0.15, 0.2) is 17.1 Å². The summed E-state index contributed by atoms with van der Waals surface area (Å²) >= 11 is 0. The lowest BCUT2D eigenvalue weighted by Gasteiger charge is -2.34. The summed E-state index contributed by atoms with van der Waals surface area (Å²) in [7, 11) is 0. The van der Waals surface area contributed by atoms with Gasteiger partial charge in [-0.25, -0.2) is 9.59 Å². The molecule has 0 saturated carbocycles. The van der Waals surface area contributed by atoms with E-state index in [2.05, 4.69) is 10.3 Å². The van der Waals surface area contributed by atoms with Gasteiger partial charge in [-0.2, -0.15) is 4.98 Å². The lowest BCUT2D eigenvalue weighted by molar-refractivity contribution is -0.225. The second-order valence-electron chi connectivity index (χ2n) is 7.14. The molecule has 0 spiro atoms. The summed E-state index contributed by atoms with van der Waals surface area (Å²) in [5.41, 5.74) is -2.40. The SMILES string of the molecule is CCOC(=O)Nc1ccn([C@@H]2O[C@H](CO)[C@@H](OC3CCCCO3)[C@@]2(C)O)c(=O)n1. The zero-order valence-corrected chi connectivity index (χ0v) is 16.4. The summed E-state index contributed by atoms with van der Waals surface area (Å²) in [6, 6.07) is 1.38. The van der Waals surface area contributed by atoms with E-state index in [0.29, 0.717) is 13.0 Å². The summed E-state index contributed by atoms with van der Waals surface area (Å²) < 4.78 is 23.0. The molecule has 2 fully saturated rings. The maximum Gasteiger partial charge on any atom is 0.412 e. The fraction of sp³-hybridized carbons (Fsp3) is 0.722. The van der Waals surface area contributed by atoms with Crippen LogP contribution in [0, 0.1) is 0 Å². The van der Waals surface area contributed by atoms with Crippen LogP contribution in [0.4, 0.5) is 10.6 Å². The highest BCUT2D eigenvalue weighted by Gasteiger charge is 2.55. The number of aliphatic hydroxyl groups is 2. The minimum absolute atomic E-state index is 0.00412. The van der Waals surface area contributed by atoms with Crippen molar-refractivity contribution in [3.8, 4) is 0 Å². The Morgan fingerprint density at radius 1 is 1.48 bits per heavy atom. The summed E-state index contributed by atoms with van der Waals surface area (Å²) in [5.74, 6) is 0.00412. The molecule has 2 aliphatic heterocycles. The number of aliphatic hydroxyl groups excluding tert-OH is 1. The number of nitrogens with zero attached hydrogens (tertiary/aromatic N) is 2. The number of anilines is 1. The Bertz CT molecular complexity index is 762. The van der Waals surface area contributed by atoms with Gasteiger partial charge in [0.2, 0.25) is 0 Å². The first-order valence-electron chi connectivity index (χ1n) is 9.65. The van der Waals surface area contributed by atoms with Crippen molar-refractivity contribution in [2.75, 3.05) is 25.1 Å². The molecule has 0 aliphatic carbocycles. The van der Waals surface area contributed by atoms with Gasteiger partial charge in [-0.05, 0) is 39.2 Å². The molecule has 0 aromatic carbocycles. The Morgan fingerprint density at radius 2 is 2.28 bits per heavy atom. The molecule has 0 bridgehead atoms. The van der Waals surface area contributed by atoms with Crippen LogP contribution < -0.4 is 11.0 Å². The number of carbonyl (C=O) groups excluding carboxylic acids is 1. The van der Waals surface area contributed by atoms with Gasteiger partial charge in [0.25, 0.3) is 0 Å². The molecule has 3 N–H and O–H groups in total. The Labute approximate surface area is 167 Å². The average Bonchev–Trinajstić information content (AvgIpc) is 2.93. The Balaban J connectivity index is 1.79. The summed E-state index contributed by atoms with van der Waals surface area (Å²) in [5, 5.41) is 23.2. The molecule has 2 saturated heterocycles. The number of hydrogen-bond acceptors (Lipinski definition) is 9. The van der Waals surface area contributed by atoms with Crippen LogP contribution in [0.2, 0.25) is 0 Å². The molecule has 0 radical (unpaired) electrons. The fourth-order valence-corrected chi connectivity index (χ4v) is 3.52. The highest BCUT2D eigenvalue weighted by atomic mass is 16.7. The Hall–Kier alpha value is -2.05. The van der Waals surface area contributed by atoms with Crippen molar-refractivity contribution in [3.63, 3.8) is 0 Å². The van der Waals surface area contributed by atoms with Gasteiger partial charge in [0.1, 0.15) is 23.6 Å². The minimum atomic E-state index is -1.64. The van der Waals surface area contributed by atoms with Gasteiger partial charge in [0, 0.05) is 12.8 Å². The molecule has 3 rings (SSSR count). The number of rotatable bonds is 6. The molecule has 1 aromatic rings. The van der Waals surface area contributed by atoms with Crippen LogP contribution in [0.25, 0.3) is 0 Å². The van der Waals surface area contributed by atoms with Crippen molar-refractivity contribution >= 4 is 11.9 Å². The van der Waals surface area contributed by atoms with Crippen LogP contribution in [-0.2, 0) is 18.9 Å². The average molecular weight is 413 g/mol. The second-order valence-corrected chi connectivity index (χ2v) is 7.14. The van der Waals surface area contributed by atoms with E-state index in [9.17, 15) is 19.8 Å². The first-order valence-corrected chi connectivity index (χ1v) is 9.65.